The maximum absolute atomic E-state index is 15.6. The van der Waals surface area contributed by atoms with Crippen LogP contribution in [-0.4, -0.2) is 0 Å². The monoisotopic (exact) mass is 940 g/mol. The zero-order chi connectivity index (χ0) is 49.0. The van der Waals surface area contributed by atoms with E-state index in [-0.39, 0.29) is 0 Å². The highest BCUT2D eigenvalue weighted by molar-refractivity contribution is 6.28. The van der Waals surface area contributed by atoms with Crippen LogP contribution in [0.3, 0.4) is 0 Å². The summed E-state index contributed by atoms with van der Waals surface area (Å²) in [7, 11) is 0. The summed E-state index contributed by atoms with van der Waals surface area (Å²) >= 11 is 0. The summed E-state index contributed by atoms with van der Waals surface area (Å²) in [6.07, 6.45) is 0. The maximum atomic E-state index is 15.6. The molecule has 0 spiro atoms. The molecule has 12 aromatic carbocycles. The molecule has 0 aliphatic rings. The molecular weight excluding hydrogens is 897 g/mol. The van der Waals surface area contributed by atoms with Gasteiger partial charge in [0.1, 0.15) is 23.3 Å². The molecule has 0 fully saturated rings. The molecule has 0 aliphatic heterocycles. The van der Waals surface area contributed by atoms with E-state index in [9.17, 15) is 0 Å². The zero-order valence-corrected chi connectivity index (χ0v) is 39.3. The molecule has 0 unspecified atom stereocenters. The molecule has 0 N–H and O–H groups in total. The number of rotatable bonds is 10. The number of hydrogen-bond donors (Lipinski definition) is 0. The lowest BCUT2D eigenvalue weighted by Gasteiger charge is -2.30. The van der Waals surface area contributed by atoms with Gasteiger partial charge < -0.3 is 9.80 Å². The summed E-state index contributed by atoms with van der Waals surface area (Å²) in [4.78, 5) is 3.87. The van der Waals surface area contributed by atoms with Crippen LogP contribution in [0.4, 0.5) is 51.7 Å². The van der Waals surface area contributed by atoms with Gasteiger partial charge >= 0.3 is 0 Å². The van der Waals surface area contributed by atoms with Gasteiger partial charge in [-0.15, -0.1) is 0 Å². The molecule has 0 radical (unpaired) electrons. The maximum Gasteiger partial charge on any atom is 0.128 e. The Kier molecular flexibility index (Phi) is 11.1. The third-order valence-corrected chi connectivity index (χ3v) is 13.6. The van der Waals surface area contributed by atoms with Crippen molar-refractivity contribution in [1.82, 2.24) is 0 Å². The van der Waals surface area contributed by atoms with Gasteiger partial charge in [0.2, 0.25) is 0 Å². The molecule has 0 aromatic heterocycles. The lowest BCUT2D eigenvalue weighted by atomic mass is 9.91. The number of halogens is 4. The smallest absolute Gasteiger partial charge is 0.128 e. The van der Waals surface area contributed by atoms with Gasteiger partial charge in [-0.1, -0.05) is 157 Å². The largest absolute Gasteiger partial charge is 0.310 e. The summed E-state index contributed by atoms with van der Waals surface area (Å²) in [5.41, 5.74) is 13.4. The van der Waals surface area contributed by atoms with Crippen LogP contribution in [0, 0.1) is 37.1 Å². The second-order valence-corrected chi connectivity index (χ2v) is 18.5. The highest BCUT2D eigenvalue weighted by Crippen LogP contribution is 2.49. The van der Waals surface area contributed by atoms with Gasteiger partial charge in [-0.25, -0.2) is 17.6 Å². The van der Waals surface area contributed by atoms with Crippen LogP contribution in [0.25, 0.3) is 76.8 Å². The molecule has 2 nitrogen and oxygen atoms in total. The molecule has 0 amide bonds. The minimum atomic E-state index is -0.703. The van der Waals surface area contributed by atoms with Gasteiger partial charge in [0.25, 0.3) is 0 Å². The van der Waals surface area contributed by atoms with Crippen LogP contribution >= 0.6 is 0 Å². The molecular formula is C66H44F4N2. The number of hydrogen-bond acceptors (Lipinski definition) is 2. The van der Waals surface area contributed by atoms with Gasteiger partial charge in [-0.05, 0) is 153 Å². The quantitative estimate of drug-likeness (QED) is 0.0996. The highest BCUT2D eigenvalue weighted by Gasteiger charge is 2.25. The molecule has 12 aromatic rings. The fourth-order valence-corrected chi connectivity index (χ4v) is 10.3. The average molecular weight is 941 g/mol. The van der Waals surface area contributed by atoms with Crippen molar-refractivity contribution in [2.45, 2.75) is 13.8 Å². The van der Waals surface area contributed by atoms with Crippen LogP contribution in [0.5, 0.6) is 0 Å². The Balaban J connectivity index is 1.12. The van der Waals surface area contributed by atoms with Crippen molar-refractivity contribution in [1.29, 1.82) is 0 Å². The Labute approximate surface area is 415 Å². The zero-order valence-electron chi connectivity index (χ0n) is 39.3. The summed E-state index contributed by atoms with van der Waals surface area (Å²) in [6, 6.07) is 73.0. The second-order valence-electron chi connectivity index (χ2n) is 18.5. The van der Waals surface area contributed by atoms with E-state index in [4.69, 9.17) is 0 Å². The van der Waals surface area contributed by atoms with Crippen molar-refractivity contribution >= 4 is 66.4 Å². The van der Waals surface area contributed by atoms with E-state index in [1.54, 1.807) is 0 Å². The van der Waals surface area contributed by atoms with E-state index in [1.807, 2.05) is 70.5 Å². The van der Waals surface area contributed by atoms with Crippen LogP contribution in [0.15, 0.2) is 231 Å². The fourth-order valence-electron chi connectivity index (χ4n) is 10.3. The normalized spacial score (nSPS) is 11.5. The fraction of sp³-hybridized carbons (Fsp3) is 0.0303. The Bertz CT molecular complexity index is 3680. The lowest BCUT2D eigenvalue weighted by molar-refractivity contribution is 0.583. The molecule has 0 atom stereocenters. The molecule has 0 saturated heterocycles. The van der Waals surface area contributed by atoms with Gasteiger partial charge in [-0.2, -0.15) is 0 Å². The van der Waals surface area contributed by atoms with Crippen molar-refractivity contribution < 1.29 is 17.6 Å². The number of nitrogens with zero attached hydrogens (tertiary/aromatic N) is 2. The van der Waals surface area contributed by atoms with Gasteiger partial charge in [0.05, 0.1) is 22.7 Å². The summed E-state index contributed by atoms with van der Waals surface area (Å²) in [5, 5.41) is 5.42. The van der Waals surface area contributed by atoms with E-state index in [0.29, 0.717) is 34.1 Å². The van der Waals surface area contributed by atoms with E-state index < -0.39 is 23.3 Å². The summed E-state index contributed by atoms with van der Waals surface area (Å²) in [6.45, 7) is 4.11. The highest BCUT2D eigenvalue weighted by atomic mass is 19.1. The molecule has 0 aliphatic carbocycles. The number of aryl methyl sites for hydroxylation is 2. The average Bonchev–Trinajstić information content (AvgIpc) is 3.39. The van der Waals surface area contributed by atoms with Crippen LogP contribution in [0.1, 0.15) is 11.1 Å². The minimum absolute atomic E-state index is 0.310. The van der Waals surface area contributed by atoms with Crippen molar-refractivity contribution in [3.8, 4) is 44.5 Å². The van der Waals surface area contributed by atoms with E-state index in [1.165, 1.54) is 24.3 Å². The molecule has 0 bridgehead atoms. The van der Waals surface area contributed by atoms with Gasteiger partial charge in [0, 0.05) is 34.3 Å². The minimum Gasteiger partial charge on any atom is -0.310 e. The van der Waals surface area contributed by atoms with E-state index in [2.05, 4.69) is 147 Å². The van der Waals surface area contributed by atoms with Crippen molar-refractivity contribution in [3.63, 3.8) is 0 Å². The molecule has 72 heavy (non-hydrogen) atoms. The standard InChI is InChI=1S/C66H44F4N2/c1-41-13-17-45(18-14-41)51-29-49(43-9-5-3-6-10-43)31-57(33-51)71(59-37-53(67)35-54(68)38-59)63-27-23-47-22-26-62-64(28-24-48-21-25-61(63)65(47)66(48)62)72(60-39-55(69)36-56(70)40-60)58-32-50(44-11-7-4-8-12-44)30-52(34-58)46-19-15-42(2)16-20-46/h3-40H,1-2H3. The van der Waals surface area contributed by atoms with E-state index >= 15 is 17.6 Å². The lowest BCUT2D eigenvalue weighted by Crippen LogP contribution is -2.12. The molecule has 346 valence electrons. The van der Waals surface area contributed by atoms with Crippen molar-refractivity contribution in [2.24, 2.45) is 0 Å². The first-order valence-electron chi connectivity index (χ1n) is 23.9. The van der Waals surface area contributed by atoms with Crippen LogP contribution < -0.4 is 9.80 Å². The van der Waals surface area contributed by atoms with Crippen LogP contribution in [0.2, 0.25) is 0 Å². The third kappa shape index (κ3) is 8.27. The Morgan fingerprint density at radius 1 is 0.264 bits per heavy atom. The number of benzene rings is 12. The van der Waals surface area contributed by atoms with Gasteiger partial charge in [-0.3, -0.25) is 0 Å². The summed E-state index contributed by atoms with van der Waals surface area (Å²) < 4.78 is 62.3. The predicted molar refractivity (Wildman–Crippen MR) is 291 cm³/mol. The molecule has 6 heteroatoms. The second kappa shape index (κ2) is 18.1. The first-order chi connectivity index (χ1) is 35.1. The van der Waals surface area contributed by atoms with Crippen molar-refractivity contribution in [2.75, 3.05) is 9.80 Å². The van der Waals surface area contributed by atoms with E-state index in [0.717, 1.165) is 100 Å². The Morgan fingerprint density at radius 3 is 0.917 bits per heavy atom. The summed E-state index contributed by atoms with van der Waals surface area (Å²) in [5.74, 6) is -2.81. The molecule has 0 heterocycles. The van der Waals surface area contributed by atoms with Crippen LogP contribution in [-0.2, 0) is 0 Å². The van der Waals surface area contributed by atoms with Crippen molar-refractivity contribution in [3.05, 3.63) is 265 Å². The molecule has 12 rings (SSSR count). The Hall–Kier alpha value is -9.00. The number of anilines is 6. The third-order valence-electron chi connectivity index (χ3n) is 13.6. The first-order valence-corrected chi connectivity index (χ1v) is 23.9. The first kappa shape index (κ1) is 44.2. The predicted octanol–water partition coefficient (Wildman–Crippen LogP) is 19.4. The topological polar surface area (TPSA) is 6.48 Å². The van der Waals surface area contributed by atoms with Gasteiger partial charge in [0.15, 0.2) is 0 Å². The Morgan fingerprint density at radius 2 is 0.569 bits per heavy atom. The SMILES string of the molecule is Cc1ccc(-c2cc(-c3ccccc3)cc(N(c3cc(F)cc(F)c3)c3ccc4ccc5c(N(c6cc(F)cc(F)c6)c6cc(-c7ccccc7)cc(-c7ccc(C)cc7)c6)ccc6ccc3c4c65)c2)cc1. The molecule has 0 saturated carbocycles.